The molecule has 0 spiro atoms. The van der Waals surface area contributed by atoms with Crippen molar-refractivity contribution in [3.63, 3.8) is 0 Å². The third-order valence-corrected chi connectivity index (χ3v) is 2.51. The highest BCUT2D eigenvalue weighted by Gasteiger charge is 2.20. The van der Waals surface area contributed by atoms with Crippen LogP contribution in [-0.2, 0) is 9.53 Å². The second-order valence-corrected chi connectivity index (χ2v) is 3.94. The second-order valence-electron chi connectivity index (χ2n) is 3.94. The van der Waals surface area contributed by atoms with Crippen LogP contribution < -0.4 is 0 Å². The van der Waals surface area contributed by atoms with Gasteiger partial charge in [0.25, 0.3) is 0 Å². The summed E-state index contributed by atoms with van der Waals surface area (Å²) in [7, 11) is 0. The topological polar surface area (TPSA) is 46.5 Å². The Hall–Kier alpha value is -1.09. The van der Waals surface area contributed by atoms with E-state index in [1.165, 1.54) is 12.8 Å². The average Bonchev–Trinajstić information content (AvgIpc) is 2.32. The molecule has 98 valence electrons. The molecule has 0 aromatic carbocycles. The van der Waals surface area contributed by atoms with Gasteiger partial charge in [0.15, 0.2) is 6.10 Å². The van der Waals surface area contributed by atoms with Gasteiger partial charge in [0.2, 0.25) is 0 Å². The molecule has 0 aliphatic rings. The highest BCUT2D eigenvalue weighted by Crippen LogP contribution is 2.15. The number of rotatable bonds is 9. The van der Waals surface area contributed by atoms with Gasteiger partial charge in [-0.3, -0.25) is 0 Å². The van der Waals surface area contributed by atoms with Crippen LogP contribution in [0.1, 0.15) is 46.0 Å². The Bertz CT molecular complexity index is 256. The molecular formula is C14H24O3. The zero-order chi connectivity index (χ0) is 13.1. The summed E-state index contributed by atoms with van der Waals surface area (Å²) >= 11 is 0. The van der Waals surface area contributed by atoms with Gasteiger partial charge < -0.3 is 9.84 Å². The van der Waals surface area contributed by atoms with Crippen molar-refractivity contribution in [1.82, 2.24) is 0 Å². The highest BCUT2D eigenvalue weighted by atomic mass is 16.5. The van der Waals surface area contributed by atoms with E-state index in [4.69, 9.17) is 4.74 Å². The Balaban J connectivity index is 4.26. The van der Waals surface area contributed by atoms with Gasteiger partial charge >= 0.3 is 5.97 Å². The van der Waals surface area contributed by atoms with Gasteiger partial charge in [-0.1, -0.05) is 44.9 Å². The molecule has 0 saturated heterocycles. The summed E-state index contributed by atoms with van der Waals surface area (Å²) in [6.45, 7) is 7.75. The number of ether oxygens (including phenoxy) is 1. The van der Waals surface area contributed by atoms with Crippen LogP contribution in [0.4, 0.5) is 0 Å². The molecule has 1 N–H and O–H groups in total. The standard InChI is InChI=1S/C14H24O3/c1-4-7-8-9-11-12(10-5-2)13(15)14(16)17-6-3/h5,10,13,15H,2,4,6-9,11H2,1,3H3/b12-10+/t13-/m0/s1. The summed E-state index contributed by atoms with van der Waals surface area (Å²) in [5.74, 6) is -0.573. The summed E-state index contributed by atoms with van der Waals surface area (Å²) in [6.07, 6.45) is 7.30. The molecule has 0 bridgehead atoms. The predicted octanol–water partition coefficient (Wildman–Crippen LogP) is 2.99. The van der Waals surface area contributed by atoms with Crippen LogP contribution in [-0.4, -0.2) is 23.8 Å². The lowest BCUT2D eigenvalue weighted by molar-refractivity contribution is -0.151. The van der Waals surface area contributed by atoms with E-state index < -0.39 is 12.1 Å². The molecule has 17 heavy (non-hydrogen) atoms. The van der Waals surface area contributed by atoms with Crippen LogP contribution in [0.2, 0.25) is 0 Å². The molecule has 3 nitrogen and oxygen atoms in total. The monoisotopic (exact) mass is 240 g/mol. The summed E-state index contributed by atoms with van der Waals surface area (Å²) in [6, 6.07) is 0. The van der Waals surface area contributed by atoms with E-state index in [9.17, 15) is 9.90 Å². The number of hydrogen-bond acceptors (Lipinski definition) is 3. The van der Waals surface area contributed by atoms with Crippen molar-refractivity contribution in [3.8, 4) is 0 Å². The Morgan fingerprint density at radius 1 is 1.35 bits per heavy atom. The summed E-state index contributed by atoms with van der Waals surface area (Å²) < 4.78 is 4.79. The highest BCUT2D eigenvalue weighted by molar-refractivity contribution is 5.78. The normalized spacial score (nSPS) is 13.2. The third kappa shape index (κ3) is 6.95. The third-order valence-electron chi connectivity index (χ3n) is 2.51. The van der Waals surface area contributed by atoms with Crippen molar-refractivity contribution in [3.05, 3.63) is 24.3 Å². The molecule has 3 heteroatoms. The fraction of sp³-hybridized carbons (Fsp3) is 0.643. The van der Waals surface area contributed by atoms with E-state index in [0.717, 1.165) is 12.8 Å². The molecule has 0 aliphatic heterocycles. The van der Waals surface area contributed by atoms with E-state index in [1.54, 1.807) is 19.1 Å². The first kappa shape index (κ1) is 15.9. The van der Waals surface area contributed by atoms with Crippen molar-refractivity contribution in [1.29, 1.82) is 0 Å². The first-order valence-electron chi connectivity index (χ1n) is 6.33. The maximum absolute atomic E-state index is 11.4. The van der Waals surface area contributed by atoms with E-state index in [1.807, 2.05) is 0 Å². The van der Waals surface area contributed by atoms with Gasteiger partial charge in [0, 0.05) is 0 Å². The van der Waals surface area contributed by atoms with Crippen molar-refractivity contribution in [2.75, 3.05) is 6.61 Å². The number of aliphatic hydroxyl groups is 1. The zero-order valence-corrected chi connectivity index (χ0v) is 10.9. The number of aliphatic hydroxyl groups excluding tert-OH is 1. The lowest BCUT2D eigenvalue weighted by atomic mass is 10.0. The maximum Gasteiger partial charge on any atom is 0.339 e. The van der Waals surface area contributed by atoms with E-state index in [0.29, 0.717) is 12.0 Å². The van der Waals surface area contributed by atoms with Crippen LogP contribution in [0.5, 0.6) is 0 Å². The average molecular weight is 240 g/mol. The molecule has 0 saturated carbocycles. The van der Waals surface area contributed by atoms with Crippen molar-refractivity contribution < 1.29 is 14.6 Å². The van der Waals surface area contributed by atoms with Gasteiger partial charge in [-0.05, 0) is 25.3 Å². The van der Waals surface area contributed by atoms with Crippen molar-refractivity contribution in [2.24, 2.45) is 0 Å². The van der Waals surface area contributed by atoms with Crippen LogP contribution in [0.25, 0.3) is 0 Å². The maximum atomic E-state index is 11.4. The van der Waals surface area contributed by atoms with Crippen LogP contribution in [0.15, 0.2) is 24.3 Å². The zero-order valence-electron chi connectivity index (χ0n) is 10.9. The van der Waals surface area contributed by atoms with E-state index >= 15 is 0 Å². The lowest BCUT2D eigenvalue weighted by Crippen LogP contribution is -2.25. The molecule has 0 radical (unpaired) electrons. The van der Waals surface area contributed by atoms with Crippen LogP contribution in [0, 0.1) is 0 Å². The van der Waals surface area contributed by atoms with E-state index in [-0.39, 0.29) is 6.61 Å². The summed E-state index contributed by atoms with van der Waals surface area (Å²) in [4.78, 5) is 11.4. The molecule has 0 aliphatic carbocycles. The second kappa shape index (κ2) is 10.1. The minimum atomic E-state index is -1.14. The number of unbranched alkanes of at least 4 members (excludes halogenated alkanes) is 3. The summed E-state index contributed by atoms with van der Waals surface area (Å²) in [5.41, 5.74) is 0.689. The SMILES string of the molecule is C=C/C=C(\CCCCCC)[C@H](O)C(=O)OCC. The first-order valence-corrected chi connectivity index (χ1v) is 6.33. The van der Waals surface area contributed by atoms with Crippen molar-refractivity contribution >= 4 is 5.97 Å². The Morgan fingerprint density at radius 2 is 2.06 bits per heavy atom. The number of carbonyl (C=O) groups is 1. The Kier molecular flexibility index (Phi) is 9.44. The molecule has 0 heterocycles. The quantitative estimate of drug-likeness (QED) is 0.383. The van der Waals surface area contributed by atoms with Gasteiger partial charge in [0.1, 0.15) is 0 Å². The molecule has 0 unspecified atom stereocenters. The number of carbonyl (C=O) groups excluding carboxylic acids is 1. The lowest BCUT2D eigenvalue weighted by Gasteiger charge is -2.13. The number of allylic oxidation sites excluding steroid dienone is 2. The first-order chi connectivity index (χ1) is 8.17. The smallest absolute Gasteiger partial charge is 0.339 e. The molecule has 0 aromatic rings. The fourth-order valence-corrected chi connectivity index (χ4v) is 1.59. The minimum absolute atomic E-state index is 0.285. The molecule has 0 rings (SSSR count). The largest absolute Gasteiger partial charge is 0.464 e. The van der Waals surface area contributed by atoms with Gasteiger partial charge in [-0.2, -0.15) is 0 Å². The molecule has 0 amide bonds. The summed E-state index contributed by atoms with van der Waals surface area (Å²) in [5, 5.41) is 9.81. The van der Waals surface area contributed by atoms with Crippen molar-refractivity contribution in [2.45, 2.75) is 52.1 Å². The fourth-order valence-electron chi connectivity index (χ4n) is 1.59. The van der Waals surface area contributed by atoms with Crippen LogP contribution >= 0.6 is 0 Å². The number of esters is 1. The van der Waals surface area contributed by atoms with Gasteiger partial charge in [-0.15, -0.1) is 0 Å². The van der Waals surface area contributed by atoms with Crippen LogP contribution in [0.3, 0.4) is 0 Å². The molecular weight excluding hydrogens is 216 g/mol. The predicted molar refractivity (Wildman–Crippen MR) is 69.7 cm³/mol. The van der Waals surface area contributed by atoms with Gasteiger partial charge in [-0.25, -0.2) is 4.79 Å². The molecule has 1 atom stereocenters. The molecule has 0 aromatic heterocycles. The number of hydrogen-bond donors (Lipinski definition) is 1. The van der Waals surface area contributed by atoms with E-state index in [2.05, 4.69) is 13.5 Å². The van der Waals surface area contributed by atoms with Gasteiger partial charge in [0.05, 0.1) is 6.61 Å². The minimum Gasteiger partial charge on any atom is -0.464 e. The Labute approximate surface area is 104 Å². The Morgan fingerprint density at radius 3 is 2.59 bits per heavy atom. The molecule has 0 fully saturated rings.